The normalized spacial score (nSPS) is 14.9. The van der Waals surface area contributed by atoms with Gasteiger partial charge in [-0.05, 0) is 55.3 Å². The van der Waals surface area contributed by atoms with E-state index in [1.54, 1.807) is 11.6 Å². The molecule has 7 nitrogen and oxygen atoms in total. The SMILES string of the molecule is C=C(c1ccc(/C=C/C(=O)NO)cc1)N(CCCN1CCN(C)CC1)CCc1c[nH]c2ccccc12. The third kappa shape index (κ3) is 6.85. The number of hydrogen-bond donors (Lipinski definition) is 3. The van der Waals surface area contributed by atoms with Gasteiger partial charge in [-0.3, -0.25) is 10.0 Å². The Morgan fingerprint density at radius 3 is 2.61 bits per heavy atom. The first kappa shape index (κ1) is 25.7. The standard InChI is InChI=1S/C29H37N5O2/c1-23(25-11-8-24(9-12-25)10-13-29(35)31-36)34(16-5-15-33-20-18-32(2)19-21-33)17-14-26-22-30-28-7-4-3-6-27(26)28/h3-4,6-13,22,30,36H,1,5,14-21H2,2H3,(H,31,35)/b13-10+. The van der Waals surface area contributed by atoms with Crippen molar-refractivity contribution in [3.8, 4) is 0 Å². The Kier molecular flexibility index (Phi) is 8.95. The van der Waals surface area contributed by atoms with Gasteiger partial charge in [0.25, 0.3) is 5.91 Å². The topological polar surface area (TPSA) is 74.8 Å². The number of hydroxylamine groups is 1. The predicted octanol–water partition coefficient (Wildman–Crippen LogP) is 3.84. The average molecular weight is 488 g/mol. The lowest BCUT2D eigenvalue weighted by molar-refractivity contribution is -0.124. The van der Waals surface area contributed by atoms with E-state index in [0.29, 0.717) is 0 Å². The summed E-state index contributed by atoms with van der Waals surface area (Å²) in [7, 11) is 2.19. The predicted molar refractivity (Wildman–Crippen MR) is 147 cm³/mol. The van der Waals surface area contributed by atoms with Crippen molar-refractivity contribution in [2.24, 2.45) is 0 Å². The Bertz CT molecular complexity index is 1180. The van der Waals surface area contributed by atoms with Crippen LogP contribution in [0.2, 0.25) is 0 Å². The minimum atomic E-state index is -0.549. The van der Waals surface area contributed by atoms with Crippen molar-refractivity contribution in [1.82, 2.24) is 25.2 Å². The molecule has 0 aliphatic carbocycles. The van der Waals surface area contributed by atoms with Gasteiger partial charge in [-0.15, -0.1) is 0 Å². The quantitative estimate of drug-likeness (QED) is 0.218. The molecule has 1 aromatic heterocycles. The second kappa shape index (κ2) is 12.5. The molecule has 1 amide bonds. The lowest BCUT2D eigenvalue weighted by Gasteiger charge is -2.33. The number of amides is 1. The zero-order valence-electron chi connectivity index (χ0n) is 21.1. The molecule has 1 aliphatic heterocycles. The molecule has 1 fully saturated rings. The van der Waals surface area contributed by atoms with Crippen molar-refractivity contribution >= 4 is 28.6 Å². The Morgan fingerprint density at radius 1 is 1.11 bits per heavy atom. The lowest BCUT2D eigenvalue weighted by atomic mass is 10.1. The summed E-state index contributed by atoms with van der Waals surface area (Å²) in [6.45, 7) is 11.9. The molecule has 2 aromatic carbocycles. The molecule has 190 valence electrons. The maximum Gasteiger partial charge on any atom is 0.267 e. The summed E-state index contributed by atoms with van der Waals surface area (Å²) >= 11 is 0. The van der Waals surface area contributed by atoms with Gasteiger partial charge in [0.1, 0.15) is 0 Å². The van der Waals surface area contributed by atoms with Crippen LogP contribution in [0.15, 0.2) is 67.4 Å². The van der Waals surface area contributed by atoms with Crippen LogP contribution in [0.25, 0.3) is 22.7 Å². The third-order valence-electron chi connectivity index (χ3n) is 6.99. The van der Waals surface area contributed by atoms with Crippen LogP contribution in [0.1, 0.15) is 23.1 Å². The van der Waals surface area contributed by atoms with Crippen LogP contribution in [0.5, 0.6) is 0 Å². The molecule has 1 saturated heterocycles. The highest BCUT2D eigenvalue weighted by Crippen LogP contribution is 2.22. The fourth-order valence-electron chi connectivity index (χ4n) is 4.71. The van der Waals surface area contributed by atoms with E-state index in [2.05, 4.69) is 63.8 Å². The van der Waals surface area contributed by atoms with Gasteiger partial charge in [0, 0.05) is 68.1 Å². The number of benzene rings is 2. The van der Waals surface area contributed by atoms with Crippen molar-refractivity contribution in [2.75, 3.05) is 52.9 Å². The number of para-hydroxylation sites is 1. The number of carbonyl (C=O) groups is 1. The number of likely N-dealkylation sites (N-methyl/N-ethyl adjacent to an activating group) is 1. The molecule has 2 heterocycles. The van der Waals surface area contributed by atoms with Crippen LogP contribution in [0.3, 0.4) is 0 Å². The number of aromatic nitrogens is 1. The number of fused-ring (bicyclic) bond motifs is 1. The third-order valence-corrected chi connectivity index (χ3v) is 6.99. The summed E-state index contributed by atoms with van der Waals surface area (Å²) in [5, 5.41) is 9.94. The highest BCUT2D eigenvalue weighted by atomic mass is 16.5. The molecule has 3 N–H and O–H groups in total. The lowest BCUT2D eigenvalue weighted by Crippen LogP contribution is -2.45. The molecule has 0 radical (unpaired) electrons. The molecular formula is C29H37N5O2. The van der Waals surface area contributed by atoms with E-state index in [4.69, 9.17) is 5.21 Å². The fourth-order valence-corrected chi connectivity index (χ4v) is 4.71. The van der Waals surface area contributed by atoms with Crippen LogP contribution >= 0.6 is 0 Å². The minimum Gasteiger partial charge on any atom is -0.371 e. The maximum atomic E-state index is 11.3. The van der Waals surface area contributed by atoms with E-state index >= 15 is 0 Å². The van der Waals surface area contributed by atoms with E-state index in [-0.39, 0.29) is 0 Å². The highest BCUT2D eigenvalue weighted by molar-refractivity contribution is 5.90. The first-order chi connectivity index (χ1) is 17.5. The number of nitrogens with one attached hydrogen (secondary N) is 2. The Balaban J connectivity index is 1.42. The number of nitrogens with zero attached hydrogens (tertiary/aromatic N) is 3. The summed E-state index contributed by atoms with van der Waals surface area (Å²) in [4.78, 5) is 22.0. The van der Waals surface area contributed by atoms with Crippen molar-refractivity contribution in [3.05, 3.63) is 84.1 Å². The zero-order chi connectivity index (χ0) is 25.3. The molecule has 1 aliphatic rings. The molecule has 4 rings (SSSR count). The summed E-state index contributed by atoms with van der Waals surface area (Å²) in [5.74, 6) is -0.549. The number of aromatic amines is 1. The Labute approximate surface area is 213 Å². The summed E-state index contributed by atoms with van der Waals surface area (Å²) in [6.07, 6.45) is 7.13. The largest absolute Gasteiger partial charge is 0.371 e. The van der Waals surface area contributed by atoms with E-state index in [9.17, 15) is 4.79 Å². The number of hydrogen-bond acceptors (Lipinski definition) is 5. The van der Waals surface area contributed by atoms with Gasteiger partial charge >= 0.3 is 0 Å². The second-order valence-corrected chi connectivity index (χ2v) is 9.47. The molecule has 0 atom stereocenters. The molecule has 0 spiro atoms. The van der Waals surface area contributed by atoms with Crippen LogP contribution in [-0.4, -0.2) is 83.7 Å². The first-order valence-electron chi connectivity index (χ1n) is 12.7. The van der Waals surface area contributed by atoms with Crippen molar-refractivity contribution in [3.63, 3.8) is 0 Å². The number of rotatable bonds is 11. The maximum absolute atomic E-state index is 11.3. The average Bonchev–Trinajstić information content (AvgIpc) is 3.33. The zero-order valence-corrected chi connectivity index (χ0v) is 21.1. The second-order valence-electron chi connectivity index (χ2n) is 9.47. The van der Waals surface area contributed by atoms with Gasteiger partial charge in [0.2, 0.25) is 0 Å². The smallest absolute Gasteiger partial charge is 0.267 e. The van der Waals surface area contributed by atoms with Crippen LogP contribution in [0.4, 0.5) is 0 Å². The summed E-state index contributed by atoms with van der Waals surface area (Å²) in [6, 6.07) is 16.4. The highest BCUT2D eigenvalue weighted by Gasteiger charge is 2.15. The van der Waals surface area contributed by atoms with Gasteiger partial charge in [-0.2, -0.15) is 0 Å². The number of piperazine rings is 1. The molecule has 36 heavy (non-hydrogen) atoms. The fraction of sp³-hybridized carbons (Fsp3) is 0.345. The monoisotopic (exact) mass is 487 g/mol. The van der Waals surface area contributed by atoms with Gasteiger partial charge < -0.3 is 19.7 Å². The molecule has 0 saturated carbocycles. The molecule has 0 bridgehead atoms. The van der Waals surface area contributed by atoms with Crippen LogP contribution in [-0.2, 0) is 11.2 Å². The van der Waals surface area contributed by atoms with E-state index in [0.717, 1.165) is 75.5 Å². The minimum absolute atomic E-state index is 0.549. The van der Waals surface area contributed by atoms with Crippen molar-refractivity contribution in [2.45, 2.75) is 12.8 Å². The van der Waals surface area contributed by atoms with Crippen molar-refractivity contribution < 1.29 is 10.0 Å². The van der Waals surface area contributed by atoms with Crippen LogP contribution in [0, 0.1) is 0 Å². The first-order valence-corrected chi connectivity index (χ1v) is 12.7. The number of carbonyl (C=O) groups excluding carboxylic acids is 1. The Morgan fingerprint density at radius 2 is 1.86 bits per heavy atom. The Hall–Kier alpha value is -3.39. The summed E-state index contributed by atoms with van der Waals surface area (Å²) < 4.78 is 0. The van der Waals surface area contributed by atoms with Gasteiger partial charge in [0.05, 0.1) is 0 Å². The van der Waals surface area contributed by atoms with E-state index < -0.39 is 5.91 Å². The van der Waals surface area contributed by atoms with Crippen LogP contribution < -0.4 is 5.48 Å². The number of H-pyrrole nitrogens is 1. The van der Waals surface area contributed by atoms with Gasteiger partial charge in [0.15, 0.2) is 0 Å². The molecular weight excluding hydrogens is 450 g/mol. The molecule has 0 unspecified atom stereocenters. The van der Waals surface area contributed by atoms with Gasteiger partial charge in [-0.1, -0.05) is 49.0 Å². The molecule has 7 heteroatoms. The summed E-state index contributed by atoms with van der Waals surface area (Å²) in [5.41, 5.74) is 7.07. The van der Waals surface area contributed by atoms with Crippen molar-refractivity contribution in [1.29, 1.82) is 0 Å². The van der Waals surface area contributed by atoms with E-state index in [1.807, 2.05) is 24.3 Å². The van der Waals surface area contributed by atoms with Gasteiger partial charge in [-0.25, -0.2) is 5.48 Å². The van der Waals surface area contributed by atoms with E-state index in [1.165, 1.54) is 22.5 Å². The molecule has 3 aromatic rings.